The number of benzene rings is 1. The van der Waals surface area contributed by atoms with Crippen molar-refractivity contribution in [1.29, 1.82) is 0 Å². The van der Waals surface area contributed by atoms with E-state index in [0.717, 1.165) is 9.21 Å². The molecule has 1 aromatic carbocycles. The van der Waals surface area contributed by atoms with Gasteiger partial charge in [-0.1, -0.05) is 11.6 Å². The molecule has 6 heteroatoms. The monoisotopic (exact) mass is 336 g/mol. The molecular weight excluding hydrogens is 320 g/mol. The maximum absolute atomic E-state index is 12.5. The van der Waals surface area contributed by atoms with Crippen LogP contribution in [0.25, 0.3) is 0 Å². The predicted molar refractivity (Wildman–Crippen MR) is 90.5 cm³/mol. The van der Waals surface area contributed by atoms with Crippen LogP contribution in [0.15, 0.2) is 36.4 Å². The van der Waals surface area contributed by atoms with Crippen LogP contribution in [0, 0.1) is 0 Å². The summed E-state index contributed by atoms with van der Waals surface area (Å²) in [5.74, 6) is -0.176. The maximum Gasteiger partial charge on any atom is 0.254 e. The van der Waals surface area contributed by atoms with Crippen molar-refractivity contribution in [3.63, 3.8) is 0 Å². The predicted octanol–water partition coefficient (Wildman–Crippen LogP) is 4.02. The number of carbonyl (C=O) groups is 2. The van der Waals surface area contributed by atoms with Crippen LogP contribution in [-0.4, -0.2) is 23.3 Å². The fourth-order valence-electron chi connectivity index (χ4n) is 2.03. The van der Waals surface area contributed by atoms with Crippen molar-refractivity contribution in [1.82, 2.24) is 4.90 Å². The minimum Gasteiger partial charge on any atom is -0.334 e. The Hall–Kier alpha value is -1.85. The number of rotatable bonds is 5. The second-order valence-corrected chi connectivity index (χ2v) is 6.58. The van der Waals surface area contributed by atoms with E-state index in [4.69, 9.17) is 11.6 Å². The largest absolute Gasteiger partial charge is 0.334 e. The molecule has 0 aliphatic rings. The lowest BCUT2D eigenvalue weighted by molar-refractivity contribution is -0.114. The van der Waals surface area contributed by atoms with Crippen LogP contribution < -0.4 is 5.32 Å². The Labute approximate surface area is 138 Å². The highest BCUT2D eigenvalue weighted by Gasteiger charge is 2.15. The van der Waals surface area contributed by atoms with Gasteiger partial charge in [-0.3, -0.25) is 9.59 Å². The van der Waals surface area contributed by atoms with Gasteiger partial charge in [0.15, 0.2) is 0 Å². The fourth-order valence-corrected chi connectivity index (χ4v) is 3.14. The quantitative estimate of drug-likeness (QED) is 0.896. The molecule has 1 N–H and O–H groups in total. The van der Waals surface area contributed by atoms with Crippen molar-refractivity contribution in [3.8, 4) is 0 Å². The number of hydrogen-bond donors (Lipinski definition) is 1. The number of hydrogen-bond acceptors (Lipinski definition) is 3. The molecule has 0 saturated heterocycles. The average molecular weight is 337 g/mol. The first-order valence-corrected chi connectivity index (χ1v) is 8.10. The molecule has 2 aromatic rings. The lowest BCUT2D eigenvalue weighted by atomic mass is 10.1. The van der Waals surface area contributed by atoms with Crippen LogP contribution in [-0.2, 0) is 11.3 Å². The van der Waals surface area contributed by atoms with E-state index in [0.29, 0.717) is 24.3 Å². The topological polar surface area (TPSA) is 49.4 Å². The molecule has 0 atom stereocenters. The van der Waals surface area contributed by atoms with Crippen LogP contribution >= 0.6 is 22.9 Å². The molecular formula is C16H17ClN2O2S. The highest BCUT2D eigenvalue weighted by Crippen LogP contribution is 2.23. The molecule has 0 saturated carbocycles. The van der Waals surface area contributed by atoms with Gasteiger partial charge in [0.25, 0.3) is 5.91 Å². The molecule has 0 aliphatic heterocycles. The summed E-state index contributed by atoms with van der Waals surface area (Å²) in [6, 6.07) is 10.7. The Kier molecular flexibility index (Phi) is 5.57. The maximum atomic E-state index is 12.5. The average Bonchev–Trinajstić information content (AvgIpc) is 2.89. The van der Waals surface area contributed by atoms with Gasteiger partial charge in [-0.25, -0.2) is 0 Å². The third-order valence-electron chi connectivity index (χ3n) is 3.10. The molecule has 0 bridgehead atoms. The van der Waals surface area contributed by atoms with E-state index < -0.39 is 0 Å². The van der Waals surface area contributed by atoms with E-state index in [1.54, 1.807) is 29.2 Å². The van der Waals surface area contributed by atoms with Gasteiger partial charge in [-0.2, -0.15) is 0 Å². The first kappa shape index (κ1) is 16.5. The Balaban J connectivity index is 2.09. The van der Waals surface area contributed by atoms with Crippen LogP contribution in [0.5, 0.6) is 0 Å². The number of halogens is 1. The molecule has 0 aliphatic carbocycles. The zero-order chi connectivity index (χ0) is 16.1. The van der Waals surface area contributed by atoms with Gasteiger partial charge in [-0.15, -0.1) is 11.3 Å². The van der Waals surface area contributed by atoms with Gasteiger partial charge in [0.05, 0.1) is 10.9 Å². The van der Waals surface area contributed by atoms with Crippen molar-refractivity contribution >= 4 is 40.4 Å². The summed E-state index contributed by atoms with van der Waals surface area (Å²) in [5, 5.41) is 2.68. The smallest absolute Gasteiger partial charge is 0.254 e. The number of carbonyl (C=O) groups excluding carboxylic acids is 2. The molecule has 0 radical (unpaired) electrons. The zero-order valence-corrected chi connectivity index (χ0v) is 14.0. The van der Waals surface area contributed by atoms with Crippen molar-refractivity contribution < 1.29 is 9.59 Å². The summed E-state index contributed by atoms with van der Waals surface area (Å²) in [7, 11) is 0. The summed E-state index contributed by atoms with van der Waals surface area (Å²) >= 11 is 7.40. The minimum atomic E-state index is -0.135. The molecule has 116 valence electrons. The van der Waals surface area contributed by atoms with Gasteiger partial charge in [0, 0.05) is 29.6 Å². The second kappa shape index (κ2) is 7.42. The number of thiophene rings is 1. The molecule has 0 unspecified atom stereocenters. The van der Waals surface area contributed by atoms with Crippen LogP contribution in [0.3, 0.4) is 0 Å². The number of anilines is 1. The first-order chi connectivity index (χ1) is 10.5. The van der Waals surface area contributed by atoms with E-state index in [1.165, 1.54) is 18.3 Å². The Morgan fingerprint density at radius 2 is 1.86 bits per heavy atom. The molecule has 1 heterocycles. The van der Waals surface area contributed by atoms with E-state index >= 15 is 0 Å². The SMILES string of the molecule is CCN(Cc1ccc(Cl)s1)C(=O)c1ccc(NC(C)=O)cc1. The Morgan fingerprint density at radius 1 is 1.18 bits per heavy atom. The third-order valence-corrected chi connectivity index (χ3v) is 4.31. The van der Waals surface area contributed by atoms with Gasteiger partial charge in [-0.05, 0) is 43.3 Å². The van der Waals surface area contributed by atoms with Crippen molar-refractivity contribution in [2.24, 2.45) is 0 Å². The second-order valence-electron chi connectivity index (χ2n) is 4.78. The normalized spacial score (nSPS) is 10.3. The molecule has 2 amide bonds. The zero-order valence-electron chi connectivity index (χ0n) is 12.4. The Morgan fingerprint density at radius 3 is 2.36 bits per heavy atom. The van der Waals surface area contributed by atoms with E-state index in [9.17, 15) is 9.59 Å². The fraction of sp³-hybridized carbons (Fsp3) is 0.250. The van der Waals surface area contributed by atoms with Gasteiger partial charge >= 0.3 is 0 Å². The molecule has 1 aromatic heterocycles. The van der Waals surface area contributed by atoms with Crippen molar-refractivity contribution in [2.45, 2.75) is 20.4 Å². The lowest BCUT2D eigenvalue weighted by Crippen LogP contribution is -2.29. The molecule has 4 nitrogen and oxygen atoms in total. The van der Waals surface area contributed by atoms with Gasteiger partial charge in [0.2, 0.25) is 5.91 Å². The lowest BCUT2D eigenvalue weighted by Gasteiger charge is -2.20. The van der Waals surface area contributed by atoms with Gasteiger partial charge in [0.1, 0.15) is 0 Å². The standard InChI is InChI=1S/C16H17ClN2O2S/c1-3-19(10-14-8-9-15(17)22-14)16(21)12-4-6-13(7-5-12)18-11(2)20/h4-9H,3,10H2,1-2H3,(H,18,20). The van der Waals surface area contributed by atoms with Crippen LogP contribution in [0.1, 0.15) is 29.1 Å². The van der Waals surface area contributed by atoms with E-state index in [-0.39, 0.29) is 11.8 Å². The number of nitrogens with one attached hydrogen (secondary N) is 1. The van der Waals surface area contributed by atoms with E-state index in [1.807, 2.05) is 19.1 Å². The molecule has 0 spiro atoms. The van der Waals surface area contributed by atoms with Crippen LogP contribution in [0.2, 0.25) is 4.34 Å². The molecule has 0 fully saturated rings. The summed E-state index contributed by atoms with van der Waals surface area (Å²) in [6.45, 7) is 4.55. The highest BCUT2D eigenvalue weighted by molar-refractivity contribution is 7.16. The summed E-state index contributed by atoms with van der Waals surface area (Å²) in [4.78, 5) is 26.3. The first-order valence-electron chi connectivity index (χ1n) is 6.90. The summed E-state index contributed by atoms with van der Waals surface area (Å²) in [5.41, 5.74) is 1.27. The highest BCUT2D eigenvalue weighted by atomic mass is 35.5. The summed E-state index contributed by atoms with van der Waals surface area (Å²) < 4.78 is 0.721. The summed E-state index contributed by atoms with van der Waals surface area (Å²) in [6.07, 6.45) is 0. The third kappa shape index (κ3) is 4.32. The number of amides is 2. The van der Waals surface area contributed by atoms with Crippen LogP contribution in [0.4, 0.5) is 5.69 Å². The van der Waals surface area contributed by atoms with Gasteiger partial charge < -0.3 is 10.2 Å². The Bertz CT molecular complexity index is 667. The minimum absolute atomic E-state index is 0.0404. The van der Waals surface area contributed by atoms with Crippen molar-refractivity contribution in [2.75, 3.05) is 11.9 Å². The van der Waals surface area contributed by atoms with Crippen molar-refractivity contribution in [3.05, 3.63) is 51.2 Å². The van der Waals surface area contributed by atoms with E-state index in [2.05, 4.69) is 5.32 Å². The molecule has 2 rings (SSSR count). The molecule has 22 heavy (non-hydrogen) atoms. The number of nitrogens with zero attached hydrogens (tertiary/aromatic N) is 1.